The maximum absolute atomic E-state index is 12.2. The molecular formula is C15H14N4O2. The van der Waals surface area contributed by atoms with Gasteiger partial charge in [-0.1, -0.05) is 18.2 Å². The van der Waals surface area contributed by atoms with Crippen LogP contribution in [-0.4, -0.2) is 27.6 Å². The van der Waals surface area contributed by atoms with Gasteiger partial charge in [-0.25, -0.2) is 0 Å². The third-order valence-electron chi connectivity index (χ3n) is 3.14. The maximum Gasteiger partial charge on any atom is 0.229 e. The Morgan fingerprint density at radius 3 is 3.00 bits per heavy atom. The van der Waals surface area contributed by atoms with Crippen LogP contribution < -0.4 is 10.1 Å². The average Bonchev–Trinajstić information content (AvgIpc) is 2.97. The highest BCUT2D eigenvalue weighted by Crippen LogP contribution is 2.19. The van der Waals surface area contributed by atoms with Crippen LogP contribution in [0.1, 0.15) is 5.56 Å². The lowest BCUT2D eigenvalue weighted by atomic mass is 10.1. The minimum Gasteiger partial charge on any atom is -0.496 e. The third-order valence-corrected chi connectivity index (χ3v) is 3.14. The zero-order chi connectivity index (χ0) is 14.7. The van der Waals surface area contributed by atoms with E-state index >= 15 is 0 Å². The number of fused-ring (bicyclic) bond motifs is 1. The predicted molar refractivity (Wildman–Crippen MR) is 78.3 cm³/mol. The van der Waals surface area contributed by atoms with E-state index in [1.165, 1.54) is 0 Å². The summed E-state index contributed by atoms with van der Waals surface area (Å²) in [6.07, 6.45) is 3.65. The number of carbonyl (C=O) groups is 1. The number of methoxy groups -OCH3 is 1. The summed E-state index contributed by atoms with van der Waals surface area (Å²) in [6, 6.07) is 11.1. The van der Waals surface area contributed by atoms with Crippen LogP contribution in [0.5, 0.6) is 5.75 Å². The highest BCUT2D eigenvalue weighted by atomic mass is 16.5. The number of benzene rings is 1. The Hall–Kier alpha value is -2.89. The summed E-state index contributed by atoms with van der Waals surface area (Å²) in [4.78, 5) is 12.2. The number of rotatable bonds is 4. The van der Waals surface area contributed by atoms with Gasteiger partial charge < -0.3 is 10.1 Å². The normalized spacial score (nSPS) is 10.5. The van der Waals surface area contributed by atoms with Crippen molar-refractivity contribution in [3.8, 4) is 5.75 Å². The summed E-state index contributed by atoms with van der Waals surface area (Å²) in [5.41, 5.74) is 2.09. The van der Waals surface area contributed by atoms with Gasteiger partial charge in [-0.05, 0) is 18.2 Å². The van der Waals surface area contributed by atoms with Gasteiger partial charge in [0.25, 0.3) is 0 Å². The quantitative estimate of drug-likeness (QED) is 0.793. The summed E-state index contributed by atoms with van der Waals surface area (Å²) in [5.74, 6) is 0.573. The number of para-hydroxylation sites is 1. The molecule has 3 rings (SSSR count). The third kappa shape index (κ3) is 2.69. The first-order valence-electron chi connectivity index (χ1n) is 6.48. The Bertz CT molecular complexity index is 782. The first-order chi connectivity index (χ1) is 10.3. The first kappa shape index (κ1) is 13.1. The number of hydrogen-bond acceptors (Lipinski definition) is 4. The van der Waals surface area contributed by atoms with Crippen molar-refractivity contribution in [3.05, 3.63) is 54.5 Å². The second-order valence-electron chi connectivity index (χ2n) is 4.52. The zero-order valence-corrected chi connectivity index (χ0v) is 11.5. The summed E-state index contributed by atoms with van der Waals surface area (Å²) in [5, 5.41) is 10.7. The molecule has 0 radical (unpaired) electrons. The largest absolute Gasteiger partial charge is 0.496 e. The summed E-state index contributed by atoms with van der Waals surface area (Å²) in [7, 11) is 1.59. The van der Waals surface area contributed by atoms with Gasteiger partial charge in [0.05, 0.1) is 19.2 Å². The number of ether oxygens (including phenoxy) is 1. The van der Waals surface area contributed by atoms with Gasteiger partial charge in [-0.3, -0.25) is 9.20 Å². The van der Waals surface area contributed by atoms with Crippen molar-refractivity contribution in [2.45, 2.75) is 6.42 Å². The van der Waals surface area contributed by atoms with Gasteiger partial charge in [-0.2, -0.15) is 0 Å². The summed E-state index contributed by atoms with van der Waals surface area (Å²) < 4.78 is 7.00. The number of hydrogen-bond donors (Lipinski definition) is 1. The monoisotopic (exact) mass is 282 g/mol. The lowest BCUT2D eigenvalue weighted by Crippen LogP contribution is -2.15. The standard InChI is InChI=1S/C15H14N4O2/c1-21-13-7-3-2-5-11(13)9-14(20)17-12-6-4-8-19-10-16-18-15(12)19/h2-8,10H,9H2,1H3,(H,17,20). The van der Waals surface area contributed by atoms with Crippen LogP contribution in [0.3, 0.4) is 0 Å². The number of nitrogens with one attached hydrogen (secondary N) is 1. The van der Waals surface area contributed by atoms with Crippen LogP contribution in [0.4, 0.5) is 5.69 Å². The molecule has 21 heavy (non-hydrogen) atoms. The zero-order valence-electron chi connectivity index (χ0n) is 11.5. The smallest absolute Gasteiger partial charge is 0.229 e. The molecule has 0 fully saturated rings. The van der Waals surface area contributed by atoms with E-state index in [1.54, 1.807) is 23.9 Å². The van der Waals surface area contributed by atoms with Crippen LogP contribution >= 0.6 is 0 Å². The van der Waals surface area contributed by atoms with Crippen molar-refractivity contribution in [3.63, 3.8) is 0 Å². The number of pyridine rings is 1. The number of carbonyl (C=O) groups excluding carboxylic acids is 1. The molecule has 0 aliphatic rings. The molecule has 1 N–H and O–H groups in total. The number of amides is 1. The van der Waals surface area contributed by atoms with Crippen molar-refractivity contribution >= 4 is 17.2 Å². The number of nitrogens with zero attached hydrogens (tertiary/aromatic N) is 3. The van der Waals surface area contributed by atoms with E-state index in [-0.39, 0.29) is 12.3 Å². The molecule has 2 heterocycles. The van der Waals surface area contributed by atoms with E-state index in [1.807, 2.05) is 36.5 Å². The lowest BCUT2D eigenvalue weighted by molar-refractivity contribution is -0.115. The predicted octanol–water partition coefficient (Wildman–Crippen LogP) is 1.92. The van der Waals surface area contributed by atoms with E-state index in [2.05, 4.69) is 15.5 Å². The van der Waals surface area contributed by atoms with Gasteiger partial charge in [0.1, 0.15) is 12.1 Å². The SMILES string of the molecule is COc1ccccc1CC(=O)Nc1cccn2cnnc12. The topological polar surface area (TPSA) is 68.5 Å². The number of anilines is 1. The van der Waals surface area contributed by atoms with Crippen molar-refractivity contribution in [1.29, 1.82) is 0 Å². The van der Waals surface area contributed by atoms with E-state index in [0.717, 1.165) is 5.56 Å². The van der Waals surface area contributed by atoms with Gasteiger partial charge in [0, 0.05) is 11.8 Å². The van der Waals surface area contributed by atoms with E-state index in [0.29, 0.717) is 17.1 Å². The Morgan fingerprint density at radius 1 is 1.29 bits per heavy atom. The van der Waals surface area contributed by atoms with Crippen LogP contribution in [0.2, 0.25) is 0 Å². The molecule has 1 aromatic carbocycles. The molecule has 0 unspecified atom stereocenters. The van der Waals surface area contributed by atoms with Crippen LogP contribution in [0.15, 0.2) is 48.9 Å². The van der Waals surface area contributed by atoms with Gasteiger partial charge in [0.2, 0.25) is 5.91 Å². The Balaban J connectivity index is 1.79. The highest BCUT2D eigenvalue weighted by molar-refractivity contribution is 5.95. The van der Waals surface area contributed by atoms with Crippen LogP contribution in [-0.2, 0) is 11.2 Å². The molecule has 0 spiro atoms. The molecule has 106 valence electrons. The molecule has 6 heteroatoms. The Kier molecular flexibility index (Phi) is 3.51. The molecule has 0 saturated heterocycles. The molecule has 0 bridgehead atoms. The molecule has 0 saturated carbocycles. The second kappa shape index (κ2) is 5.62. The minimum atomic E-state index is -0.129. The van der Waals surface area contributed by atoms with Crippen molar-refractivity contribution in [1.82, 2.24) is 14.6 Å². The molecule has 0 aliphatic carbocycles. The fourth-order valence-electron chi connectivity index (χ4n) is 2.16. The molecule has 6 nitrogen and oxygen atoms in total. The van der Waals surface area contributed by atoms with Crippen molar-refractivity contribution < 1.29 is 9.53 Å². The summed E-state index contributed by atoms with van der Waals surface area (Å²) in [6.45, 7) is 0. The maximum atomic E-state index is 12.2. The molecule has 3 aromatic rings. The van der Waals surface area contributed by atoms with E-state index < -0.39 is 0 Å². The average molecular weight is 282 g/mol. The van der Waals surface area contributed by atoms with E-state index in [9.17, 15) is 4.79 Å². The lowest BCUT2D eigenvalue weighted by Gasteiger charge is -2.09. The Labute approximate surface area is 121 Å². The van der Waals surface area contributed by atoms with Crippen LogP contribution in [0.25, 0.3) is 5.65 Å². The number of aromatic nitrogens is 3. The molecule has 1 amide bonds. The highest BCUT2D eigenvalue weighted by Gasteiger charge is 2.10. The van der Waals surface area contributed by atoms with Crippen LogP contribution in [0, 0.1) is 0 Å². The van der Waals surface area contributed by atoms with Gasteiger partial charge in [-0.15, -0.1) is 10.2 Å². The summed E-state index contributed by atoms with van der Waals surface area (Å²) >= 11 is 0. The van der Waals surface area contributed by atoms with Gasteiger partial charge >= 0.3 is 0 Å². The molecule has 0 atom stereocenters. The minimum absolute atomic E-state index is 0.129. The van der Waals surface area contributed by atoms with Crippen molar-refractivity contribution in [2.75, 3.05) is 12.4 Å². The fourth-order valence-corrected chi connectivity index (χ4v) is 2.16. The molecular weight excluding hydrogens is 268 g/mol. The molecule has 2 aromatic heterocycles. The van der Waals surface area contributed by atoms with Gasteiger partial charge in [0.15, 0.2) is 5.65 Å². The van der Waals surface area contributed by atoms with E-state index in [4.69, 9.17) is 4.74 Å². The fraction of sp³-hybridized carbons (Fsp3) is 0.133. The molecule has 0 aliphatic heterocycles. The second-order valence-corrected chi connectivity index (χ2v) is 4.52. The van der Waals surface area contributed by atoms with Crippen molar-refractivity contribution in [2.24, 2.45) is 0 Å². The Morgan fingerprint density at radius 2 is 2.14 bits per heavy atom. The first-order valence-corrected chi connectivity index (χ1v) is 6.48.